The smallest absolute Gasteiger partial charge is 0.228 e. The minimum absolute atomic E-state index is 0.237. The van der Waals surface area contributed by atoms with Crippen LogP contribution in [-0.2, 0) is 4.74 Å². The van der Waals surface area contributed by atoms with E-state index in [1.807, 2.05) is 34.9 Å². The van der Waals surface area contributed by atoms with E-state index in [2.05, 4.69) is 9.97 Å². The van der Waals surface area contributed by atoms with Crippen molar-refractivity contribution in [3.05, 3.63) is 35.9 Å². The van der Waals surface area contributed by atoms with Crippen LogP contribution in [0, 0.1) is 11.6 Å². The van der Waals surface area contributed by atoms with E-state index < -0.39 is 5.82 Å². The van der Waals surface area contributed by atoms with Crippen LogP contribution in [0.2, 0.25) is 0 Å². The zero-order valence-corrected chi connectivity index (χ0v) is 16.8. The van der Waals surface area contributed by atoms with Gasteiger partial charge in [0.1, 0.15) is 5.82 Å². The van der Waals surface area contributed by atoms with Crippen LogP contribution in [0.5, 0.6) is 0 Å². The zero-order valence-electron chi connectivity index (χ0n) is 16.8. The second kappa shape index (κ2) is 8.36. The van der Waals surface area contributed by atoms with E-state index in [9.17, 15) is 4.39 Å². The Balaban J connectivity index is 1.58. The Morgan fingerprint density at radius 1 is 0.828 bits per heavy atom. The predicted molar refractivity (Wildman–Crippen MR) is 110 cm³/mol. The Bertz CT molecular complexity index is 851. The summed E-state index contributed by atoms with van der Waals surface area (Å²) in [6.07, 6.45) is 0. The van der Waals surface area contributed by atoms with Gasteiger partial charge in [-0.25, -0.2) is 4.39 Å². The van der Waals surface area contributed by atoms with Crippen LogP contribution < -0.4 is 19.6 Å². The first-order valence-corrected chi connectivity index (χ1v) is 9.86. The fraction of sp³-hybridized carbons (Fsp3) is 0.500. The van der Waals surface area contributed by atoms with Gasteiger partial charge in [0, 0.05) is 53.4 Å². The molecule has 2 saturated heterocycles. The molecule has 0 bridgehead atoms. The summed E-state index contributed by atoms with van der Waals surface area (Å²) in [5, 5.41) is 0. The summed E-state index contributed by atoms with van der Waals surface area (Å²) in [6, 6.07) is 6.74. The van der Waals surface area contributed by atoms with Crippen molar-refractivity contribution in [2.24, 2.45) is 0 Å². The summed E-state index contributed by atoms with van der Waals surface area (Å²) in [4.78, 5) is 16.5. The van der Waals surface area contributed by atoms with Gasteiger partial charge in [0.15, 0.2) is 11.6 Å². The zero-order chi connectivity index (χ0) is 20.4. The lowest BCUT2D eigenvalue weighted by Crippen LogP contribution is -2.47. The number of aromatic nitrogens is 2. The van der Waals surface area contributed by atoms with Crippen LogP contribution in [0.1, 0.15) is 0 Å². The molecule has 7 nitrogen and oxygen atoms in total. The Hall–Kier alpha value is -2.68. The largest absolute Gasteiger partial charge is 0.378 e. The Morgan fingerprint density at radius 3 is 1.97 bits per heavy atom. The normalized spacial score (nSPS) is 17.6. The Kier molecular flexibility index (Phi) is 5.66. The molecular weight excluding hydrogens is 378 g/mol. The van der Waals surface area contributed by atoms with Gasteiger partial charge < -0.3 is 24.3 Å². The fourth-order valence-corrected chi connectivity index (χ4v) is 3.67. The first-order chi connectivity index (χ1) is 14.0. The highest BCUT2D eigenvalue weighted by atomic mass is 19.1. The van der Waals surface area contributed by atoms with E-state index >= 15 is 4.39 Å². The second-order valence-corrected chi connectivity index (χ2v) is 7.40. The van der Waals surface area contributed by atoms with Gasteiger partial charge in [-0.2, -0.15) is 14.4 Å². The molecule has 156 valence electrons. The van der Waals surface area contributed by atoms with Crippen molar-refractivity contribution < 1.29 is 13.5 Å². The van der Waals surface area contributed by atoms with Gasteiger partial charge >= 0.3 is 0 Å². The Morgan fingerprint density at radius 2 is 1.38 bits per heavy atom. The number of piperazine rings is 1. The molecule has 0 aliphatic carbocycles. The lowest BCUT2D eigenvalue weighted by Gasteiger charge is -2.37. The van der Waals surface area contributed by atoms with Gasteiger partial charge in [0.25, 0.3) is 0 Å². The molecule has 0 saturated carbocycles. The first-order valence-electron chi connectivity index (χ1n) is 9.86. The van der Waals surface area contributed by atoms with E-state index in [0.29, 0.717) is 75.8 Å². The standard InChI is InChI=1S/C20H26F2N6O/c1-25(2)20-23-18(17(22)19(24-20)28-11-13-29-14-12-28)27-9-7-26(8-10-27)16-6-4-3-5-15(16)21/h3-6H,7-14H2,1-2H3. The molecular formula is C20H26F2N6O. The van der Waals surface area contributed by atoms with E-state index in [1.165, 1.54) is 6.07 Å². The molecule has 0 radical (unpaired) electrons. The quantitative estimate of drug-likeness (QED) is 0.772. The molecule has 2 aliphatic rings. The third-order valence-corrected chi connectivity index (χ3v) is 5.29. The summed E-state index contributed by atoms with van der Waals surface area (Å²) < 4.78 is 34.9. The van der Waals surface area contributed by atoms with Crippen LogP contribution in [0.4, 0.5) is 32.1 Å². The molecule has 2 aliphatic heterocycles. The molecule has 9 heteroatoms. The van der Waals surface area contributed by atoms with Gasteiger partial charge in [-0.1, -0.05) is 12.1 Å². The number of hydrogen-bond donors (Lipinski definition) is 0. The highest BCUT2D eigenvalue weighted by Gasteiger charge is 2.28. The number of hydrogen-bond acceptors (Lipinski definition) is 7. The molecule has 0 unspecified atom stereocenters. The lowest BCUT2D eigenvalue weighted by atomic mass is 10.2. The molecule has 2 fully saturated rings. The monoisotopic (exact) mass is 404 g/mol. The first kappa shape index (κ1) is 19.6. The van der Waals surface area contributed by atoms with E-state index in [1.54, 1.807) is 17.0 Å². The van der Waals surface area contributed by atoms with Gasteiger partial charge in [0.2, 0.25) is 11.8 Å². The number of rotatable bonds is 4. The molecule has 0 N–H and O–H groups in total. The van der Waals surface area contributed by atoms with Gasteiger partial charge in [0.05, 0.1) is 18.9 Å². The van der Waals surface area contributed by atoms with Crippen molar-refractivity contribution in [3.63, 3.8) is 0 Å². The van der Waals surface area contributed by atoms with Gasteiger partial charge in [-0.15, -0.1) is 0 Å². The van der Waals surface area contributed by atoms with E-state index in [-0.39, 0.29) is 5.82 Å². The molecule has 2 aromatic rings. The lowest BCUT2D eigenvalue weighted by molar-refractivity contribution is 0.122. The molecule has 0 spiro atoms. The van der Waals surface area contributed by atoms with Crippen LogP contribution in [0.25, 0.3) is 0 Å². The topological polar surface area (TPSA) is 48.0 Å². The minimum atomic E-state index is -0.406. The number of ether oxygens (including phenoxy) is 1. The van der Waals surface area contributed by atoms with Crippen molar-refractivity contribution in [2.75, 3.05) is 86.2 Å². The van der Waals surface area contributed by atoms with E-state index in [0.717, 1.165) is 0 Å². The molecule has 4 rings (SSSR count). The third-order valence-electron chi connectivity index (χ3n) is 5.29. The number of nitrogens with zero attached hydrogens (tertiary/aromatic N) is 6. The summed E-state index contributed by atoms with van der Waals surface area (Å²) in [5.41, 5.74) is 0.582. The number of para-hydroxylation sites is 1. The third kappa shape index (κ3) is 4.05. The highest BCUT2D eigenvalue weighted by molar-refractivity contribution is 5.58. The summed E-state index contributed by atoms with van der Waals surface area (Å²) in [6.45, 7) is 4.59. The molecule has 0 amide bonds. The second-order valence-electron chi connectivity index (χ2n) is 7.40. The number of morpholine rings is 1. The maximum Gasteiger partial charge on any atom is 0.228 e. The Labute approximate surface area is 169 Å². The summed E-state index contributed by atoms with van der Waals surface area (Å²) >= 11 is 0. The SMILES string of the molecule is CN(C)c1nc(N2CCOCC2)c(F)c(N2CCN(c3ccccc3F)CC2)n1. The van der Waals surface area contributed by atoms with Crippen molar-refractivity contribution >= 4 is 23.3 Å². The van der Waals surface area contributed by atoms with Crippen molar-refractivity contribution in [1.29, 1.82) is 0 Å². The van der Waals surface area contributed by atoms with Crippen molar-refractivity contribution in [2.45, 2.75) is 0 Å². The maximum atomic E-state index is 15.4. The molecule has 1 aromatic heterocycles. The average molecular weight is 404 g/mol. The fourth-order valence-electron chi connectivity index (χ4n) is 3.67. The van der Waals surface area contributed by atoms with Crippen molar-refractivity contribution in [1.82, 2.24) is 9.97 Å². The summed E-state index contributed by atoms with van der Waals surface area (Å²) in [5.74, 6) is 0.451. The van der Waals surface area contributed by atoms with Crippen LogP contribution in [-0.4, -0.2) is 76.5 Å². The van der Waals surface area contributed by atoms with E-state index in [4.69, 9.17) is 4.74 Å². The van der Waals surface area contributed by atoms with Crippen LogP contribution in [0.15, 0.2) is 24.3 Å². The molecule has 1 aromatic carbocycles. The summed E-state index contributed by atoms with van der Waals surface area (Å²) in [7, 11) is 3.69. The van der Waals surface area contributed by atoms with Gasteiger partial charge in [-0.3, -0.25) is 0 Å². The molecule has 29 heavy (non-hydrogen) atoms. The van der Waals surface area contributed by atoms with Gasteiger partial charge in [-0.05, 0) is 12.1 Å². The average Bonchev–Trinajstić information content (AvgIpc) is 2.75. The maximum absolute atomic E-state index is 15.4. The van der Waals surface area contributed by atoms with Crippen LogP contribution in [0.3, 0.4) is 0 Å². The number of halogens is 2. The highest BCUT2D eigenvalue weighted by Crippen LogP contribution is 2.30. The predicted octanol–water partition coefficient (Wildman–Crippen LogP) is 1.98. The minimum Gasteiger partial charge on any atom is -0.378 e. The van der Waals surface area contributed by atoms with Crippen molar-refractivity contribution in [3.8, 4) is 0 Å². The van der Waals surface area contributed by atoms with Crippen LogP contribution >= 0.6 is 0 Å². The molecule has 0 atom stereocenters. The number of anilines is 4. The molecule has 3 heterocycles. The number of benzene rings is 1.